The number of hydrogen-bond acceptors (Lipinski definition) is 2. The number of nitrogens with zero attached hydrogens (tertiary/aromatic N) is 1. The van der Waals surface area contributed by atoms with Crippen LogP contribution in [-0.2, 0) is 11.3 Å². The molecule has 0 heterocycles. The standard InChI is InChI=1S/C19H27N3O2/c23-18(13-20-19(24)21-16-9-5-2-6-10-16)22(17-11-12-17)14-15-7-3-1-4-8-15/h1,3-4,7-8,16-17H,2,5-6,9-14H2,(H2,20,21,24). The summed E-state index contributed by atoms with van der Waals surface area (Å²) in [6.45, 7) is 0.693. The van der Waals surface area contributed by atoms with Gasteiger partial charge in [0.25, 0.3) is 0 Å². The maximum Gasteiger partial charge on any atom is 0.315 e. The number of benzene rings is 1. The number of nitrogens with one attached hydrogen (secondary N) is 2. The first kappa shape index (κ1) is 16.8. The van der Waals surface area contributed by atoms with Crippen molar-refractivity contribution in [1.82, 2.24) is 15.5 Å². The van der Waals surface area contributed by atoms with E-state index in [4.69, 9.17) is 0 Å². The molecule has 0 spiro atoms. The third-order valence-electron chi connectivity index (χ3n) is 4.84. The minimum atomic E-state index is -0.217. The van der Waals surface area contributed by atoms with Gasteiger partial charge in [0.2, 0.25) is 5.91 Å². The lowest BCUT2D eigenvalue weighted by molar-refractivity contribution is -0.131. The molecule has 2 saturated carbocycles. The Bertz CT molecular complexity index is 551. The van der Waals surface area contributed by atoms with E-state index in [0.717, 1.165) is 31.2 Å². The Balaban J connectivity index is 1.46. The third-order valence-corrected chi connectivity index (χ3v) is 4.84. The van der Waals surface area contributed by atoms with E-state index >= 15 is 0 Å². The third kappa shape index (κ3) is 4.98. The van der Waals surface area contributed by atoms with Crippen LogP contribution in [0.4, 0.5) is 4.79 Å². The van der Waals surface area contributed by atoms with E-state index in [1.54, 1.807) is 0 Å². The fourth-order valence-electron chi connectivity index (χ4n) is 3.33. The predicted molar refractivity (Wildman–Crippen MR) is 93.4 cm³/mol. The first-order chi connectivity index (χ1) is 11.7. The van der Waals surface area contributed by atoms with Crippen molar-refractivity contribution in [1.29, 1.82) is 0 Å². The highest BCUT2D eigenvalue weighted by molar-refractivity contribution is 5.84. The molecule has 3 amide bonds. The smallest absolute Gasteiger partial charge is 0.315 e. The van der Waals surface area contributed by atoms with Crippen molar-refractivity contribution >= 4 is 11.9 Å². The first-order valence-corrected chi connectivity index (χ1v) is 9.10. The number of carbonyl (C=O) groups is 2. The zero-order chi connectivity index (χ0) is 16.8. The van der Waals surface area contributed by atoms with Crippen molar-refractivity contribution in [3.05, 3.63) is 35.9 Å². The molecule has 0 aliphatic heterocycles. The van der Waals surface area contributed by atoms with Crippen LogP contribution in [0.25, 0.3) is 0 Å². The van der Waals surface area contributed by atoms with E-state index in [0.29, 0.717) is 12.6 Å². The van der Waals surface area contributed by atoms with Gasteiger partial charge in [0.15, 0.2) is 0 Å². The average Bonchev–Trinajstić information content (AvgIpc) is 3.44. The van der Waals surface area contributed by atoms with Crippen LogP contribution in [0.5, 0.6) is 0 Å². The topological polar surface area (TPSA) is 61.4 Å². The quantitative estimate of drug-likeness (QED) is 0.843. The second kappa shape index (κ2) is 8.18. The largest absolute Gasteiger partial charge is 0.335 e. The molecular weight excluding hydrogens is 302 g/mol. The summed E-state index contributed by atoms with van der Waals surface area (Å²) in [6, 6.07) is 10.4. The van der Waals surface area contributed by atoms with Gasteiger partial charge in [-0.05, 0) is 31.2 Å². The molecule has 2 fully saturated rings. The van der Waals surface area contributed by atoms with Gasteiger partial charge in [-0.1, -0.05) is 49.6 Å². The Morgan fingerprint density at radius 2 is 1.71 bits per heavy atom. The number of amides is 3. The molecule has 0 atom stereocenters. The molecule has 0 saturated heterocycles. The fourth-order valence-corrected chi connectivity index (χ4v) is 3.33. The Hall–Kier alpha value is -2.04. The summed E-state index contributed by atoms with van der Waals surface area (Å²) in [5.74, 6) is 0.000136. The molecule has 2 N–H and O–H groups in total. The van der Waals surface area contributed by atoms with E-state index in [9.17, 15) is 9.59 Å². The molecule has 1 aromatic carbocycles. The molecule has 0 aromatic heterocycles. The Morgan fingerprint density at radius 3 is 2.38 bits per heavy atom. The van der Waals surface area contributed by atoms with E-state index in [1.165, 1.54) is 19.3 Å². The second-order valence-corrected chi connectivity index (χ2v) is 6.90. The van der Waals surface area contributed by atoms with Crippen LogP contribution >= 0.6 is 0 Å². The SMILES string of the molecule is O=C(NCC(=O)N(Cc1ccccc1)C1CC1)NC1CCCCC1. The highest BCUT2D eigenvalue weighted by Gasteiger charge is 2.32. The summed E-state index contributed by atoms with van der Waals surface area (Å²) in [7, 11) is 0. The molecule has 0 radical (unpaired) electrons. The van der Waals surface area contributed by atoms with Gasteiger partial charge in [0.05, 0.1) is 6.54 Å². The molecule has 3 rings (SSSR count). The lowest BCUT2D eigenvalue weighted by Gasteiger charge is -2.25. The molecule has 0 unspecified atom stereocenters. The number of rotatable bonds is 6. The summed E-state index contributed by atoms with van der Waals surface area (Å²) in [6.07, 6.45) is 7.83. The van der Waals surface area contributed by atoms with E-state index in [2.05, 4.69) is 10.6 Å². The molecule has 2 aliphatic rings. The predicted octanol–water partition coefficient (Wildman–Crippen LogP) is 2.81. The van der Waals surface area contributed by atoms with Crippen LogP contribution in [0.1, 0.15) is 50.5 Å². The lowest BCUT2D eigenvalue weighted by Crippen LogP contribution is -2.47. The van der Waals surface area contributed by atoms with Gasteiger partial charge in [-0.2, -0.15) is 0 Å². The minimum absolute atomic E-state index is 0.000136. The zero-order valence-electron chi connectivity index (χ0n) is 14.2. The molecule has 2 aliphatic carbocycles. The van der Waals surface area contributed by atoms with Crippen molar-refractivity contribution in [2.45, 2.75) is 63.6 Å². The van der Waals surface area contributed by atoms with Crippen LogP contribution in [0.2, 0.25) is 0 Å². The zero-order valence-corrected chi connectivity index (χ0v) is 14.2. The van der Waals surface area contributed by atoms with Crippen molar-refractivity contribution in [3.63, 3.8) is 0 Å². The normalized spacial score (nSPS) is 18.0. The first-order valence-electron chi connectivity index (χ1n) is 9.10. The van der Waals surface area contributed by atoms with Gasteiger partial charge >= 0.3 is 6.03 Å². The average molecular weight is 329 g/mol. The maximum absolute atomic E-state index is 12.5. The van der Waals surface area contributed by atoms with Gasteiger partial charge in [-0.15, -0.1) is 0 Å². The second-order valence-electron chi connectivity index (χ2n) is 6.90. The van der Waals surface area contributed by atoms with E-state index in [1.807, 2.05) is 35.2 Å². The monoisotopic (exact) mass is 329 g/mol. The molecule has 130 valence electrons. The molecular formula is C19H27N3O2. The van der Waals surface area contributed by atoms with Crippen molar-refractivity contribution in [2.75, 3.05) is 6.54 Å². The van der Waals surface area contributed by atoms with Crippen LogP contribution in [0.15, 0.2) is 30.3 Å². The van der Waals surface area contributed by atoms with Gasteiger partial charge in [-0.3, -0.25) is 4.79 Å². The van der Waals surface area contributed by atoms with Crippen LogP contribution in [-0.4, -0.2) is 35.5 Å². The van der Waals surface area contributed by atoms with E-state index in [-0.39, 0.29) is 24.5 Å². The Morgan fingerprint density at radius 1 is 1.00 bits per heavy atom. The fraction of sp³-hybridized carbons (Fsp3) is 0.579. The van der Waals surface area contributed by atoms with Gasteiger partial charge in [0, 0.05) is 18.6 Å². The van der Waals surface area contributed by atoms with Crippen molar-refractivity contribution in [3.8, 4) is 0 Å². The van der Waals surface area contributed by atoms with Gasteiger partial charge in [-0.25, -0.2) is 4.79 Å². The van der Waals surface area contributed by atoms with Crippen LogP contribution in [0.3, 0.4) is 0 Å². The highest BCUT2D eigenvalue weighted by atomic mass is 16.2. The number of carbonyl (C=O) groups excluding carboxylic acids is 2. The van der Waals surface area contributed by atoms with Crippen LogP contribution in [0, 0.1) is 0 Å². The maximum atomic E-state index is 12.5. The summed E-state index contributed by atoms with van der Waals surface area (Å²) >= 11 is 0. The molecule has 5 nitrogen and oxygen atoms in total. The summed E-state index contributed by atoms with van der Waals surface area (Å²) in [4.78, 5) is 26.4. The summed E-state index contributed by atoms with van der Waals surface area (Å²) < 4.78 is 0. The molecule has 5 heteroatoms. The Kier molecular flexibility index (Phi) is 5.72. The summed E-state index contributed by atoms with van der Waals surface area (Å²) in [5.41, 5.74) is 1.13. The number of urea groups is 1. The summed E-state index contributed by atoms with van der Waals surface area (Å²) in [5, 5.41) is 5.72. The van der Waals surface area contributed by atoms with Crippen LogP contribution < -0.4 is 10.6 Å². The molecule has 24 heavy (non-hydrogen) atoms. The van der Waals surface area contributed by atoms with Gasteiger partial charge in [0.1, 0.15) is 0 Å². The van der Waals surface area contributed by atoms with Crippen molar-refractivity contribution in [2.24, 2.45) is 0 Å². The molecule has 1 aromatic rings. The molecule has 0 bridgehead atoms. The van der Waals surface area contributed by atoms with E-state index < -0.39 is 0 Å². The minimum Gasteiger partial charge on any atom is -0.335 e. The van der Waals surface area contributed by atoms with Crippen molar-refractivity contribution < 1.29 is 9.59 Å². The lowest BCUT2D eigenvalue weighted by atomic mass is 9.96. The Labute approximate surface area is 143 Å². The van der Waals surface area contributed by atoms with Gasteiger partial charge < -0.3 is 15.5 Å². The highest BCUT2D eigenvalue weighted by Crippen LogP contribution is 2.28. The number of hydrogen-bond donors (Lipinski definition) is 2.